The monoisotopic (exact) mass is 223 g/mol. The van der Waals surface area contributed by atoms with E-state index >= 15 is 0 Å². The van der Waals surface area contributed by atoms with Gasteiger partial charge in [-0.2, -0.15) is 0 Å². The van der Waals surface area contributed by atoms with Crippen LogP contribution in [0.4, 0.5) is 0 Å². The summed E-state index contributed by atoms with van der Waals surface area (Å²) in [6, 6.07) is 6.45. The van der Waals surface area contributed by atoms with Gasteiger partial charge >= 0.3 is 5.97 Å². The summed E-state index contributed by atoms with van der Waals surface area (Å²) in [5.74, 6) is -0.630. The smallest absolute Gasteiger partial charge is 0.320 e. The summed E-state index contributed by atoms with van der Waals surface area (Å²) in [5, 5.41) is 18.6. The van der Waals surface area contributed by atoms with Gasteiger partial charge in [-0.1, -0.05) is 25.1 Å². The lowest BCUT2D eigenvalue weighted by atomic mass is 10.1. The van der Waals surface area contributed by atoms with E-state index in [1.54, 1.807) is 30.1 Å². The predicted molar refractivity (Wildman–Crippen MR) is 61.3 cm³/mol. The Bertz CT molecular complexity index is 365. The normalized spacial score (nSPS) is 12.7. The molecule has 4 heteroatoms. The number of hydrogen-bond donors (Lipinski definition) is 2. The topological polar surface area (TPSA) is 60.8 Å². The summed E-state index contributed by atoms with van der Waals surface area (Å²) >= 11 is 0. The highest BCUT2D eigenvalue weighted by atomic mass is 16.4. The minimum Gasteiger partial charge on any atom is -0.508 e. The van der Waals surface area contributed by atoms with Gasteiger partial charge in [-0.25, -0.2) is 0 Å². The fourth-order valence-corrected chi connectivity index (χ4v) is 1.70. The summed E-state index contributed by atoms with van der Waals surface area (Å²) < 4.78 is 0. The Morgan fingerprint density at radius 2 is 2.06 bits per heavy atom. The van der Waals surface area contributed by atoms with Crippen molar-refractivity contribution in [2.24, 2.45) is 0 Å². The number of phenolic OH excluding ortho intramolecular Hbond substituents is 1. The number of benzene rings is 1. The van der Waals surface area contributed by atoms with Crippen molar-refractivity contribution < 1.29 is 15.0 Å². The molecule has 0 saturated carbocycles. The van der Waals surface area contributed by atoms with Crippen molar-refractivity contribution in [3.8, 4) is 5.75 Å². The van der Waals surface area contributed by atoms with Crippen molar-refractivity contribution in [1.29, 1.82) is 0 Å². The Morgan fingerprint density at radius 3 is 2.56 bits per heavy atom. The molecule has 4 nitrogen and oxygen atoms in total. The van der Waals surface area contributed by atoms with Gasteiger partial charge in [0.15, 0.2) is 0 Å². The summed E-state index contributed by atoms with van der Waals surface area (Å²) in [5.41, 5.74) is 0.740. The number of carboxylic acid groups (broad SMARTS) is 1. The molecular formula is C12H17NO3. The first-order chi connectivity index (χ1) is 7.56. The van der Waals surface area contributed by atoms with Crippen molar-refractivity contribution in [3.05, 3.63) is 29.8 Å². The van der Waals surface area contributed by atoms with E-state index in [4.69, 9.17) is 5.11 Å². The SMILES string of the molecule is CCC(C(=O)O)N(C)Cc1ccccc1O. The van der Waals surface area contributed by atoms with E-state index in [9.17, 15) is 9.90 Å². The summed E-state index contributed by atoms with van der Waals surface area (Å²) in [6.45, 7) is 2.26. The van der Waals surface area contributed by atoms with E-state index in [0.717, 1.165) is 5.56 Å². The highest BCUT2D eigenvalue weighted by Crippen LogP contribution is 2.18. The first kappa shape index (κ1) is 12.5. The number of aromatic hydroxyl groups is 1. The molecule has 16 heavy (non-hydrogen) atoms. The van der Waals surface area contributed by atoms with Crippen LogP contribution < -0.4 is 0 Å². The van der Waals surface area contributed by atoms with E-state index in [1.165, 1.54) is 0 Å². The second-order valence-electron chi connectivity index (χ2n) is 3.81. The molecule has 2 N–H and O–H groups in total. The second kappa shape index (κ2) is 5.51. The molecule has 1 aromatic carbocycles. The fourth-order valence-electron chi connectivity index (χ4n) is 1.70. The zero-order chi connectivity index (χ0) is 12.1. The van der Waals surface area contributed by atoms with Gasteiger partial charge in [-0.05, 0) is 19.5 Å². The first-order valence-electron chi connectivity index (χ1n) is 5.26. The quantitative estimate of drug-likeness (QED) is 0.797. The van der Waals surface area contributed by atoms with Crippen LogP contribution in [0, 0.1) is 0 Å². The molecule has 88 valence electrons. The van der Waals surface area contributed by atoms with Crippen LogP contribution >= 0.6 is 0 Å². The van der Waals surface area contributed by atoms with Crippen molar-refractivity contribution in [2.45, 2.75) is 25.9 Å². The van der Waals surface area contributed by atoms with Gasteiger partial charge in [0.2, 0.25) is 0 Å². The Balaban J connectivity index is 2.74. The van der Waals surface area contributed by atoms with E-state index < -0.39 is 12.0 Å². The molecule has 0 radical (unpaired) electrons. The Hall–Kier alpha value is -1.55. The lowest BCUT2D eigenvalue weighted by Gasteiger charge is -2.23. The highest BCUT2D eigenvalue weighted by molar-refractivity contribution is 5.73. The number of rotatable bonds is 5. The van der Waals surface area contributed by atoms with Crippen LogP contribution in [0.25, 0.3) is 0 Å². The molecule has 1 unspecified atom stereocenters. The molecule has 1 rings (SSSR count). The van der Waals surface area contributed by atoms with Gasteiger partial charge in [0, 0.05) is 12.1 Å². The molecule has 0 aliphatic carbocycles. The number of carboxylic acids is 1. The number of hydrogen-bond acceptors (Lipinski definition) is 3. The standard InChI is InChI=1S/C12H17NO3/c1-3-10(12(15)16)13(2)8-9-6-4-5-7-11(9)14/h4-7,10,14H,3,8H2,1-2H3,(H,15,16). The molecule has 0 aliphatic rings. The largest absolute Gasteiger partial charge is 0.508 e. The predicted octanol–water partition coefficient (Wildman–Crippen LogP) is 1.69. The Labute approximate surface area is 95.1 Å². The minimum absolute atomic E-state index is 0.203. The maximum atomic E-state index is 10.9. The molecule has 0 bridgehead atoms. The van der Waals surface area contributed by atoms with Gasteiger partial charge < -0.3 is 10.2 Å². The van der Waals surface area contributed by atoms with Crippen molar-refractivity contribution >= 4 is 5.97 Å². The first-order valence-corrected chi connectivity index (χ1v) is 5.26. The van der Waals surface area contributed by atoms with Gasteiger partial charge in [0.25, 0.3) is 0 Å². The Morgan fingerprint density at radius 1 is 1.44 bits per heavy atom. The molecule has 0 spiro atoms. The zero-order valence-electron chi connectivity index (χ0n) is 9.55. The number of likely N-dealkylation sites (N-methyl/N-ethyl adjacent to an activating group) is 1. The number of para-hydroxylation sites is 1. The molecule has 0 aliphatic heterocycles. The molecular weight excluding hydrogens is 206 g/mol. The van der Waals surface area contributed by atoms with Crippen LogP contribution in [-0.4, -0.2) is 34.2 Å². The van der Waals surface area contributed by atoms with Gasteiger partial charge in [-0.15, -0.1) is 0 Å². The van der Waals surface area contributed by atoms with Crippen molar-refractivity contribution in [1.82, 2.24) is 4.90 Å². The van der Waals surface area contributed by atoms with Crippen molar-refractivity contribution in [2.75, 3.05) is 7.05 Å². The van der Waals surface area contributed by atoms with Gasteiger partial charge in [-0.3, -0.25) is 9.69 Å². The van der Waals surface area contributed by atoms with Crippen LogP contribution in [0.15, 0.2) is 24.3 Å². The number of nitrogens with zero attached hydrogens (tertiary/aromatic N) is 1. The van der Waals surface area contributed by atoms with E-state index in [2.05, 4.69) is 0 Å². The molecule has 0 aromatic heterocycles. The van der Waals surface area contributed by atoms with Crippen LogP contribution in [0.5, 0.6) is 5.75 Å². The average molecular weight is 223 g/mol. The van der Waals surface area contributed by atoms with Gasteiger partial charge in [0.05, 0.1) is 0 Å². The van der Waals surface area contributed by atoms with E-state index in [0.29, 0.717) is 13.0 Å². The van der Waals surface area contributed by atoms with E-state index in [1.807, 2.05) is 13.0 Å². The maximum Gasteiger partial charge on any atom is 0.320 e. The van der Waals surface area contributed by atoms with E-state index in [-0.39, 0.29) is 5.75 Å². The average Bonchev–Trinajstić information content (AvgIpc) is 2.22. The summed E-state index contributed by atoms with van der Waals surface area (Å²) in [6.07, 6.45) is 0.541. The van der Waals surface area contributed by atoms with Crippen LogP contribution in [0.1, 0.15) is 18.9 Å². The maximum absolute atomic E-state index is 10.9. The van der Waals surface area contributed by atoms with Crippen molar-refractivity contribution in [3.63, 3.8) is 0 Å². The fraction of sp³-hybridized carbons (Fsp3) is 0.417. The third kappa shape index (κ3) is 2.97. The van der Waals surface area contributed by atoms with Crippen LogP contribution in [0.2, 0.25) is 0 Å². The second-order valence-corrected chi connectivity index (χ2v) is 3.81. The number of phenols is 1. The minimum atomic E-state index is -0.833. The summed E-state index contributed by atoms with van der Waals surface area (Å²) in [4.78, 5) is 12.7. The third-order valence-electron chi connectivity index (χ3n) is 2.62. The highest BCUT2D eigenvalue weighted by Gasteiger charge is 2.20. The molecule has 1 atom stereocenters. The molecule has 0 saturated heterocycles. The van der Waals surface area contributed by atoms with Gasteiger partial charge in [0.1, 0.15) is 11.8 Å². The molecule has 0 heterocycles. The Kier molecular flexibility index (Phi) is 4.31. The molecule has 0 fully saturated rings. The summed E-state index contributed by atoms with van der Waals surface area (Å²) in [7, 11) is 1.74. The third-order valence-corrected chi connectivity index (χ3v) is 2.62. The van der Waals surface area contributed by atoms with Crippen LogP contribution in [-0.2, 0) is 11.3 Å². The number of carbonyl (C=O) groups is 1. The zero-order valence-corrected chi connectivity index (χ0v) is 9.55. The molecule has 1 aromatic rings. The lowest BCUT2D eigenvalue weighted by Crippen LogP contribution is -2.37. The van der Waals surface area contributed by atoms with Crippen LogP contribution in [0.3, 0.4) is 0 Å². The number of aliphatic carboxylic acids is 1. The molecule has 0 amide bonds. The lowest BCUT2D eigenvalue weighted by molar-refractivity contribution is -0.143.